The summed E-state index contributed by atoms with van der Waals surface area (Å²) in [7, 11) is 0. The Morgan fingerprint density at radius 3 is 2.25 bits per heavy atom. The van der Waals surface area contributed by atoms with Crippen LogP contribution in [0.1, 0.15) is 0 Å². The van der Waals surface area contributed by atoms with Gasteiger partial charge in [0.25, 0.3) is 0 Å². The van der Waals surface area contributed by atoms with Gasteiger partial charge in [-0.2, -0.15) is 0 Å². The van der Waals surface area contributed by atoms with Gasteiger partial charge in [0, 0.05) is 6.04 Å². The first-order valence-corrected chi connectivity index (χ1v) is 2.45. The zero-order chi connectivity index (χ0) is 6.15. The molecule has 0 radical (unpaired) electrons. The van der Waals surface area contributed by atoms with Gasteiger partial charge in [-0.25, -0.2) is 0 Å². The van der Waals surface area contributed by atoms with E-state index in [9.17, 15) is 4.79 Å². The highest BCUT2D eigenvalue weighted by molar-refractivity contribution is 5.97. The quantitative estimate of drug-likeness (QED) is 0.412. The lowest BCUT2D eigenvalue weighted by molar-refractivity contribution is -0.115. The lowest BCUT2D eigenvalue weighted by Gasteiger charge is -2.04. The summed E-state index contributed by atoms with van der Waals surface area (Å²) in [6, 6.07) is -0.752. The second-order valence-corrected chi connectivity index (χ2v) is 1.86. The molecule has 0 bridgehead atoms. The topological polar surface area (TPSA) is 69.1 Å². The molecule has 1 rings (SSSR count). The molecule has 2 unspecified atom stereocenters. The van der Waals surface area contributed by atoms with E-state index >= 15 is 0 Å². The number of nitrogens with two attached hydrogens (primary N) is 2. The molecule has 1 aliphatic carbocycles. The van der Waals surface area contributed by atoms with Crippen LogP contribution in [0.15, 0.2) is 12.2 Å². The number of hydrogen-bond acceptors (Lipinski definition) is 3. The molecule has 0 aliphatic heterocycles. The summed E-state index contributed by atoms with van der Waals surface area (Å²) >= 11 is 0. The van der Waals surface area contributed by atoms with Crippen LogP contribution in [-0.4, -0.2) is 17.9 Å². The van der Waals surface area contributed by atoms with Gasteiger partial charge in [0.1, 0.15) is 0 Å². The average molecular weight is 112 g/mol. The third kappa shape index (κ3) is 0.657. The summed E-state index contributed by atoms with van der Waals surface area (Å²) in [6.07, 6.45) is 3.04. The number of hydrogen-bond donors (Lipinski definition) is 2. The highest BCUT2D eigenvalue weighted by atomic mass is 16.1. The van der Waals surface area contributed by atoms with E-state index in [0.29, 0.717) is 0 Å². The molecule has 0 heterocycles. The van der Waals surface area contributed by atoms with Crippen molar-refractivity contribution in [2.45, 2.75) is 12.1 Å². The van der Waals surface area contributed by atoms with E-state index in [2.05, 4.69) is 0 Å². The van der Waals surface area contributed by atoms with Crippen LogP contribution in [0.3, 0.4) is 0 Å². The zero-order valence-electron chi connectivity index (χ0n) is 4.37. The minimum Gasteiger partial charge on any atom is -0.323 e. The van der Waals surface area contributed by atoms with Crippen LogP contribution >= 0.6 is 0 Å². The maximum absolute atomic E-state index is 10.5. The second kappa shape index (κ2) is 1.69. The molecule has 0 aromatic rings. The maximum atomic E-state index is 10.5. The predicted molar refractivity (Wildman–Crippen MR) is 30.1 cm³/mol. The zero-order valence-corrected chi connectivity index (χ0v) is 4.37. The Labute approximate surface area is 47.3 Å². The Morgan fingerprint density at radius 1 is 1.50 bits per heavy atom. The molecule has 2 atom stereocenters. The van der Waals surface area contributed by atoms with Gasteiger partial charge >= 0.3 is 0 Å². The third-order valence-corrected chi connectivity index (χ3v) is 1.23. The van der Waals surface area contributed by atoms with Gasteiger partial charge in [-0.3, -0.25) is 4.79 Å². The molecular formula is C5H8N2O. The fraction of sp³-hybridized carbons (Fsp3) is 0.400. The summed E-state index contributed by atoms with van der Waals surface area (Å²) in [6.45, 7) is 0. The van der Waals surface area contributed by atoms with Crippen molar-refractivity contribution < 1.29 is 4.79 Å². The van der Waals surface area contributed by atoms with E-state index in [1.54, 1.807) is 6.08 Å². The highest BCUT2D eigenvalue weighted by Crippen LogP contribution is 2.00. The summed E-state index contributed by atoms with van der Waals surface area (Å²) in [5, 5.41) is 0. The maximum Gasteiger partial charge on any atom is 0.173 e. The normalized spacial score (nSPS) is 36.5. The summed E-state index contributed by atoms with van der Waals surface area (Å²) < 4.78 is 0. The number of carbonyl (C=O) groups is 1. The van der Waals surface area contributed by atoms with Crippen LogP contribution in [0.5, 0.6) is 0 Å². The highest BCUT2D eigenvalue weighted by Gasteiger charge is 2.21. The van der Waals surface area contributed by atoms with Crippen molar-refractivity contribution in [1.29, 1.82) is 0 Å². The Bertz CT molecular complexity index is 141. The van der Waals surface area contributed by atoms with Crippen LogP contribution < -0.4 is 11.5 Å². The van der Waals surface area contributed by atoms with Crippen molar-refractivity contribution in [3.8, 4) is 0 Å². The third-order valence-electron chi connectivity index (χ3n) is 1.23. The molecule has 3 heteroatoms. The van der Waals surface area contributed by atoms with Crippen molar-refractivity contribution in [1.82, 2.24) is 0 Å². The number of rotatable bonds is 0. The van der Waals surface area contributed by atoms with Gasteiger partial charge in [0.05, 0.1) is 6.04 Å². The van der Waals surface area contributed by atoms with Crippen LogP contribution in [0.4, 0.5) is 0 Å². The minimum atomic E-state index is -0.491. The van der Waals surface area contributed by atoms with Crippen molar-refractivity contribution in [2.75, 3.05) is 0 Å². The Kier molecular flexibility index (Phi) is 1.15. The molecule has 0 amide bonds. The SMILES string of the molecule is NC1C=CC(=O)C1N. The van der Waals surface area contributed by atoms with Crippen molar-refractivity contribution in [3.05, 3.63) is 12.2 Å². The molecule has 44 valence electrons. The van der Waals surface area contributed by atoms with Crippen LogP contribution in [0, 0.1) is 0 Å². The summed E-state index contributed by atoms with van der Waals surface area (Å²) in [5.74, 6) is -0.0718. The molecule has 8 heavy (non-hydrogen) atoms. The Balaban J connectivity index is 2.69. The van der Waals surface area contributed by atoms with E-state index in [4.69, 9.17) is 11.5 Å². The lowest BCUT2D eigenvalue weighted by atomic mass is 10.2. The van der Waals surface area contributed by atoms with E-state index < -0.39 is 6.04 Å². The molecule has 0 aromatic heterocycles. The van der Waals surface area contributed by atoms with Crippen LogP contribution in [0.25, 0.3) is 0 Å². The van der Waals surface area contributed by atoms with Crippen molar-refractivity contribution in [3.63, 3.8) is 0 Å². The molecular weight excluding hydrogens is 104 g/mol. The molecule has 4 N–H and O–H groups in total. The van der Waals surface area contributed by atoms with E-state index in [0.717, 1.165) is 0 Å². The van der Waals surface area contributed by atoms with E-state index in [1.807, 2.05) is 0 Å². The molecule has 3 nitrogen and oxygen atoms in total. The second-order valence-electron chi connectivity index (χ2n) is 1.86. The molecule has 0 aromatic carbocycles. The molecule has 0 saturated heterocycles. The first-order valence-electron chi connectivity index (χ1n) is 2.45. The van der Waals surface area contributed by atoms with Crippen LogP contribution in [0.2, 0.25) is 0 Å². The fourth-order valence-electron chi connectivity index (χ4n) is 0.626. The number of ketones is 1. The minimum absolute atomic E-state index is 0.0718. The first-order chi connectivity index (χ1) is 3.72. The van der Waals surface area contributed by atoms with Gasteiger partial charge in [-0.1, -0.05) is 6.08 Å². The van der Waals surface area contributed by atoms with E-state index in [-0.39, 0.29) is 11.8 Å². The van der Waals surface area contributed by atoms with Gasteiger partial charge < -0.3 is 11.5 Å². The average Bonchev–Trinajstić information content (AvgIpc) is 1.98. The monoisotopic (exact) mass is 112 g/mol. The van der Waals surface area contributed by atoms with Gasteiger partial charge in [-0.05, 0) is 6.08 Å². The Hall–Kier alpha value is -0.670. The van der Waals surface area contributed by atoms with Gasteiger partial charge in [-0.15, -0.1) is 0 Å². The van der Waals surface area contributed by atoms with Crippen molar-refractivity contribution in [2.24, 2.45) is 11.5 Å². The standard InChI is InChI=1S/C5H8N2O/c6-3-1-2-4(8)5(3)7/h1-3,5H,6-7H2. The molecule has 0 fully saturated rings. The van der Waals surface area contributed by atoms with Gasteiger partial charge in [0.15, 0.2) is 5.78 Å². The first kappa shape index (κ1) is 5.47. The largest absolute Gasteiger partial charge is 0.323 e. The number of carbonyl (C=O) groups excluding carboxylic acids is 1. The predicted octanol–water partition coefficient (Wildman–Crippen LogP) is -1.22. The lowest BCUT2D eigenvalue weighted by Crippen LogP contribution is -2.41. The van der Waals surface area contributed by atoms with Crippen LogP contribution in [-0.2, 0) is 4.79 Å². The molecule has 0 saturated carbocycles. The fourth-order valence-corrected chi connectivity index (χ4v) is 0.626. The smallest absolute Gasteiger partial charge is 0.173 e. The molecule has 0 spiro atoms. The summed E-state index contributed by atoms with van der Waals surface area (Å²) in [4.78, 5) is 10.5. The van der Waals surface area contributed by atoms with E-state index in [1.165, 1.54) is 6.08 Å². The Morgan fingerprint density at radius 2 is 2.12 bits per heavy atom. The molecule has 1 aliphatic rings. The van der Waals surface area contributed by atoms with Gasteiger partial charge in [0.2, 0.25) is 0 Å². The summed E-state index contributed by atoms with van der Waals surface area (Å²) in [5.41, 5.74) is 10.6. The van der Waals surface area contributed by atoms with Crippen molar-refractivity contribution >= 4 is 5.78 Å².